The summed E-state index contributed by atoms with van der Waals surface area (Å²) in [6, 6.07) is 7.31. The third-order valence-corrected chi connectivity index (χ3v) is 3.58. The molecule has 6 heteroatoms. The number of hydrogen-bond acceptors (Lipinski definition) is 3. The van der Waals surface area contributed by atoms with Crippen LogP contribution in [0.4, 0.5) is 0 Å². The van der Waals surface area contributed by atoms with Gasteiger partial charge in [-0.1, -0.05) is 33.6 Å². The Morgan fingerprint density at radius 1 is 1.40 bits per heavy atom. The Hall–Kier alpha value is -1.33. The van der Waals surface area contributed by atoms with Crippen molar-refractivity contribution in [1.82, 2.24) is 9.78 Å². The van der Waals surface area contributed by atoms with Gasteiger partial charge in [-0.15, -0.1) is 0 Å². The molecule has 0 N–H and O–H groups in total. The summed E-state index contributed by atoms with van der Waals surface area (Å²) in [7, 11) is 0. The van der Waals surface area contributed by atoms with Crippen molar-refractivity contribution in [3.63, 3.8) is 0 Å². The molecule has 0 fully saturated rings. The second-order valence-electron chi connectivity index (χ2n) is 4.08. The molecule has 4 nitrogen and oxygen atoms in total. The Morgan fingerprint density at radius 2 is 2.15 bits per heavy atom. The normalized spacial score (nSPS) is 10.6. The SMILES string of the molecule is CCOC(=O)c1cc(-c2ccc(Br)cc2Cl)n(CC)n1. The van der Waals surface area contributed by atoms with Crippen molar-refractivity contribution in [2.75, 3.05) is 6.61 Å². The van der Waals surface area contributed by atoms with Crippen molar-refractivity contribution in [3.05, 3.63) is 39.5 Å². The summed E-state index contributed by atoms with van der Waals surface area (Å²) in [5.41, 5.74) is 1.93. The highest BCUT2D eigenvalue weighted by atomic mass is 79.9. The Kier molecular flexibility index (Phi) is 4.83. The quantitative estimate of drug-likeness (QED) is 0.772. The van der Waals surface area contributed by atoms with E-state index in [0.29, 0.717) is 23.9 Å². The number of aromatic nitrogens is 2. The van der Waals surface area contributed by atoms with Crippen LogP contribution in [-0.2, 0) is 11.3 Å². The van der Waals surface area contributed by atoms with Crippen molar-refractivity contribution in [2.24, 2.45) is 0 Å². The van der Waals surface area contributed by atoms with Crippen LogP contribution in [0.25, 0.3) is 11.3 Å². The van der Waals surface area contributed by atoms with Gasteiger partial charge in [-0.05, 0) is 32.0 Å². The first-order valence-corrected chi connectivity index (χ1v) is 7.44. The molecule has 0 aliphatic carbocycles. The van der Waals surface area contributed by atoms with Crippen LogP contribution in [0.2, 0.25) is 5.02 Å². The predicted molar refractivity (Wildman–Crippen MR) is 82.0 cm³/mol. The second-order valence-corrected chi connectivity index (χ2v) is 5.40. The molecule has 1 heterocycles. The zero-order valence-corrected chi connectivity index (χ0v) is 13.5. The van der Waals surface area contributed by atoms with Gasteiger partial charge in [0.15, 0.2) is 5.69 Å². The van der Waals surface area contributed by atoms with Crippen molar-refractivity contribution in [2.45, 2.75) is 20.4 Å². The van der Waals surface area contributed by atoms with E-state index in [-0.39, 0.29) is 0 Å². The summed E-state index contributed by atoms with van der Waals surface area (Å²) in [6.07, 6.45) is 0. The molecule has 0 amide bonds. The van der Waals surface area contributed by atoms with Gasteiger partial charge < -0.3 is 4.74 Å². The highest BCUT2D eigenvalue weighted by molar-refractivity contribution is 9.10. The number of esters is 1. The van der Waals surface area contributed by atoms with Gasteiger partial charge in [0.25, 0.3) is 0 Å². The van der Waals surface area contributed by atoms with Gasteiger partial charge >= 0.3 is 5.97 Å². The molecule has 0 unspecified atom stereocenters. The van der Waals surface area contributed by atoms with Gasteiger partial charge in [-0.3, -0.25) is 4.68 Å². The van der Waals surface area contributed by atoms with Crippen LogP contribution in [0.5, 0.6) is 0 Å². The van der Waals surface area contributed by atoms with E-state index >= 15 is 0 Å². The number of halogens is 2. The number of rotatable bonds is 4. The lowest BCUT2D eigenvalue weighted by Crippen LogP contribution is -2.07. The van der Waals surface area contributed by atoms with Gasteiger partial charge in [0.2, 0.25) is 0 Å². The minimum atomic E-state index is -0.422. The van der Waals surface area contributed by atoms with Gasteiger partial charge in [0, 0.05) is 16.6 Å². The number of ether oxygens (including phenoxy) is 1. The third kappa shape index (κ3) is 3.04. The molecule has 2 aromatic rings. The molecule has 0 saturated carbocycles. The third-order valence-electron chi connectivity index (χ3n) is 2.77. The smallest absolute Gasteiger partial charge is 0.358 e. The summed E-state index contributed by atoms with van der Waals surface area (Å²) < 4.78 is 7.61. The zero-order valence-electron chi connectivity index (χ0n) is 11.2. The molecule has 106 valence electrons. The van der Waals surface area contributed by atoms with Crippen molar-refractivity contribution < 1.29 is 9.53 Å². The molecular formula is C14H14BrClN2O2. The highest BCUT2D eigenvalue weighted by Crippen LogP contribution is 2.31. The van der Waals surface area contributed by atoms with Crippen LogP contribution < -0.4 is 0 Å². The van der Waals surface area contributed by atoms with Crippen LogP contribution in [0.3, 0.4) is 0 Å². The number of nitrogens with zero attached hydrogens (tertiary/aromatic N) is 2. The van der Waals surface area contributed by atoms with Gasteiger partial charge in [0.1, 0.15) is 0 Å². The Labute approximate surface area is 130 Å². The molecular weight excluding hydrogens is 344 g/mol. The van der Waals surface area contributed by atoms with E-state index in [1.165, 1.54) is 0 Å². The summed E-state index contributed by atoms with van der Waals surface area (Å²) in [4.78, 5) is 11.8. The molecule has 20 heavy (non-hydrogen) atoms. The van der Waals surface area contributed by atoms with Crippen molar-refractivity contribution in [1.29, 1.82) is 0 Å². The topological polar surface area (TPSA) is 44.1 Å². The lowest BCUT2D eigenvalue weighted by molar-refractivity contribution is 0.0518. The molecule has 2 rings (SSSR count). The molecule has 0 spiro atoms. The lowest BCUT2D eigenvalue weighted by Gasteiger charge is -2.06. The minimum absolute atomic E-state index is 0.294. The average molecular weight is 358 g/mol. The highest BCUT2D eigenvalue weighted by Gasteiger charge is 2.17. The van der Waals surface area contributed by atoms with E-state index in [2.05, 4.69) is 21.0 Å². The number of carbonyl (C=O) groups excluding carboxylic acids is 1. The molecule has 0 aliphatic heterocycles. The average Bonchev–Trinajstić information content (AvgIpc) is 2.83. The number of benzene rings is 1. The number of aryl methyl sites for hydroxylation is 1. The molecule has 0 bridgehead atoms. The molecule has 0 radical (unpaired) electrons. The number of carbonyl (C=O) groups is 1. The van der Waals surface area contributed by atoms with Gasteiger partial charge in [0.05, 0.1) is 17.3 Å². The fourth-order valence-corrected chi connectivity index (χ4v) is 2.65. The largest absolute Gasteiger partial charge is 0.461 e. The summed E-state index contributed by atoms with van der Waals surface area (Å²) in [5, 5.41) is 4.86. The maximum atomic E-state index is 11.8. The van der Waals surface area contributed by atoms with Gasteiger partial charge in [-0.25, -0.2) is 4.79 Å². The van der Waals surface area contributed by atoms with Crippen LogP contribution >= 0.6 is 27.5 Å². The fraction of sp³-hybridized carbons (Fsp3) is 0.286. The Bertz CT molecular complexity index is 640. The van der Waals surface area contributed by atoms with Gasteiger partial charge in [-0.2, -0.15) is 5.10 Å². The minimum Gasteiger partial charge on any atom is -0.461 e. The van der Waals surface area contributed by atoms with Crippen LogP contribution in [0.1, 0.15) is 24.3 Å². The molecule has 0 aliphatic rings. The van der Waals surface area contributed by atoms with Crippen LogP contribution in [0.15, 0.2) is 28.7 Å². The van der Waals surface area contributed by atoms with E-state index < -0.39 is 5.97 Å². The van der Waals surface area contributed by atoms with E-state index in [1.54, 1.807) is 17.7 Å². The maximum Gasteiger partial charge on any atom is 0.358 e. The predicted octanol–water partition coefficient (Wildman–Crippen LogP) is 4.16. The van der Waals surface area contributed by atoms with Crippen molar-refractivity contribution in [3.8, 4) is 11.3 Å². The first kappa shape index (κ1) is 15.1. The Morgan fingerprint density at radius 3 is 2.75 bits per heavy atom. The first-order chi connectivity index (χ1) is 9.56. The maximum absolute atomic E-state index is 11.8. The van der Waals surface area contributed by atoms with Crippen molar-refractivity contribution >= 4 is 33.5 Å². The zero-order chi connectivity index (χ0) is 14.7. The van der Waals surface area contributed by atoms with E-state index in [0.717, 1.165) is 15.7 Å². The monoisotopic (exact) mass is 356 g/mol. The molecule has 0 atom stereocenters. The van der Waals surface area contributed by atoms with Crippen LogP contribution in [-0.4, -0.2) is 22.4 Å². The fourth-order valence-electron chi connectivity index (χ4n) is 1.88. The molecule has 1 aromatic carbocycles. The van der Waals surface area contributed by atoms with Crippen LogP contribution in [0, 0.1) is 0 Å². The Balaban J connectivity index is 2.47. The summed E-state index contributed by atoms with van der Waals surface area (Å²) in [5.74, 6) is -0.422. The molecule has 0 saturated heterocycles. The van der Waals surface area contributed by atoms with E-state index in [9.17, 15) is 4.79 Å². The first-order valence-electron chi connectivity index (χ1n) is 6.27. The summed E-state index contributed by atoms with van der Waals surface area (Å²) in [6.45, 7) is 4.69. The lowest BCUT2D eigenvalue weighted by atomic mass is 10.1. The standard InChI is InChI=1S/C14H14BrClN2O2/c1-3-18-13(8-12(17-18)14(19)20-4-2)10-6-5-9(15)7-11(10)16/h5-8H,3-4H2,1-2H3. The molecule has 1 aromatic heterocycles. The summed E-state index contributed by atoms with van der Waals surface area (Å²) >= 11 is 9.63. The van der Waals surface area contributed by atoms with E-state index in [4.69, 9.17) is 16.3 Å². The van der Waals surface area contributed by atoms with E-state index in [1.807, 2.05) is 25.1 Å². The second kappa shape index (κ2) is 6.41. The number of hydrogen-bond donors (Lipinski definition) is 0.